The molecule has 2 aromatic carbocycles. The van der Waals surface area contributed by atoms with E-state index >= 15 is 0 Å². The molecular formula is C20H16Cl2F3N3O3S2. The van der Waals surface area contributed by atoms with E-state index in [1.54, 1.807) is 24.3 Å². The first-order valence-electron chi connectivity index (χ1n) is 9.34. The molecule has 0 aliphatic rings. The normalized spacial score (nSPS) is 12.0. The number of sulfonamides is 1. The Morgan fingerprint density at radius 3 is 2.48 bits per heavy atom. The standard InChI is InChI=1S/C20H16Cl2F3N3O3S2/c21-14-5-2-1-4-13(14)18(29)16-11-27-19(32-16)26-8-3-9-28-33(30,31)17-10-12(20(23,24)25)6-7-15(17)22/h1-2,4-7,10-11,28H,3,8-9H2,(H,26,27). The van der Waals surface area contributed by atoms with E-state index in [4.69, 9.17) is 23.2 Å². The van der Waals surface area contributed by atoms with Gasteiger partial charge in [-0.15, -0.1) is 0 Å². The molecule has 0 radical (unpaired) electrons. The van der Waals surface area contributed by atoms with Crippen LogP contribution in [0.25, 0.3) is 0 Å². The highest BCUT2D eigenvalue weighted by atomic mass is 35.5. The van der Waals surface area contributed by atoms with E-state index in [1.807, 2.05) is 0 Å². The lowest BCUT2D eigenvalue weighted by molar-refractivity contribution is -0.137. The third-order valence-corrected chi connectivity index (χ3v) is 7.54. The Kier molecular flexibility index (Phi) is 8.01. The summed E-state index contributed by atoms with van der Waals surface area (Å²) in [7, 11) is -4.24. The van der Waals surface area contributed by atoms with Gasteiger partial charge in [0, 0.05) is 18.7 Å². The molecular weight excluding hydrogens is 522 g/mol. The summed E-state index contributed by atoms with van der Waals surface area (Å²) in [6.07, 6.45) is -2.99. The zero-order chi connectivity index (χ0) is 24.2. The summed E-state index contributed by atoms with van der Waals surface area (Å²) in [4.78, 5) is 16.4. The quantitative estimate of drug-likeness (QED) is 0.278. The zero-order valence-corrected chi connectivity index (χ0v) is 19.8. The second kappa shape index (κ2) is 10.4. The fraction of sp³-hybridized carbons (Fsp3) is 0.200. The molecule has 13 heteroatoms. The number of ketones is 1. The number of alkyl halides is 3. The van der Waals surface area contributed by atoms with Gasteiger partial charge < -0.3 is 5.32 Å². The lowest BCUT2D eigenvalue weighted by Crippen LogP contribution is -2.26. The Balaban J connectivity index is 1.53. The van der Waals surface area contributed by atoms with Crippen LogP contribution < -0.4 is 10.0 Å². The Morgan fingerprint density at radius 2 is 1.79 bits per heavy atom. The minimum Gasteiger partial charge on any atom is -0.361 e. The molecule has 0 atom stereocenters. The van der Waals surface area contributed by atoms with Gasteiger partial charge in [-0.05, 0) is 36.8 Å². The van der Waals surface area contributed by atoms with E-state index < -0.39 is 26.7 Å². The van der Waals surface area contributed by atoms with Crippen LogP contribution in [0.15, 0.2) is 53.6 Å². The maximum atomic E-state index is 12.9. The maximum absolute atomic E-state index is 12.9. The van der Waals surface area contributed by atoms with Crippen LogP contribution in [0, 0.1) is 0 Å². The lowest BCUT2D eigenvalue weighted by atomic mass is 10.1. The van der Waals surface area contributed by atoms with Crippen molar-refractivity contribution in [3.8, 4) is 0 Å². The van der Waals surface area contributed by atoms with Gasteiger partial charge in [-0.2, -0.15) is 13.2 Å². The molecule has 1 aromatic heterocycles. The van der Waals surface area contributed by atoms with Crippen LogP contribution in [-0.4, -0.2) is 32.3 Å². The number of nitrogens with zero attached hydrogens (tertiary/aromatic N) is 1. The lowest BCUT2D eigenvalue weighted by Gasteiger charge is -2.12. The molecule has 6 nitrogen and oxygen atoms in total. The minimum atomic E-state index is -4.70. The number of nitrogens with one attached hydrogen (secondary N) is 2. The van der Waals surface area contributed by atoms with Gasteiger partial charge in [-0.3, -0.25) is 4.79 Å². The van der Waals surface area contributed by atoms with Crippen molar-refractivity contribution in [2.24, 2.45) is 0 Å². The minimum absolute atomic E-state index is 0.0569. The summed E-state index contributed by atoms with van der Waals surface area (Å²) in [6, 6.07) is 8.74. The van der Waals surface area contributed by atoms with Crippen LogP contribution in [0.4, 0.5) is 18.3 Å². The summed E-state index contributed by atoms with van der Waals surface area (Å²) in [6.45, 7) is 0.241. The number of aromatic nitrogens is 1. The zero-order valence-electron chi connectivity index (χ0n) is 16.6. The smallest absolute Gasteiger partial charge is 0.361 e. The Labute approximate surface area is 201 Å². The van der Waals surface area contributed by atoms with Crippen molar-refractivity contribution < 1.29 is 26.4 Å². The number of halogens is 5. The topological polar surface area (TPSA) is 88.2 Å². The van der Waals surface area contributed by atoms with Crippen molar-refractivity contribution in [2.45, 2.75) is 17.5 Å². The highest BCUT2D eigenvalue weighted by molar-refractivity contribution is 7.89. The molecule has 3 aromatic rings. The highest BCUT2D eigenvalue weighted by Crippen LogP contribution is 2.33. The number of rotatable bonds is 9. The van der Waals surface area contributed by atoms with Gasteiger partial charge in [0.25, 0.3) is 0 Å². The van der Waals surface area contributed by atoms with Crippen molar-refractivity contribution in [1.29, 1.82) is 0 Å². The van der Waals surface area contributed by atoms with Gasteiger partial charge in [0.2, 0.25) is 15.8 Å². The third-order valence-electron chi connectivity index (χ3n) is 4.32. The summed E-state index contributed by atoms with van der Waals surface area (Å²) in [5.41, 5.74) is -0.753. The average molecular weight is 538 g/mol. The number of benzene rings is 2. The van der Waals surface area contributed by atoms with Crippen molar-refractivity contribution >= 4 is 55.5 Å². The third kappa shape index (κ3) is 6.45. The Bertz CT molecular complexity index is 1260. The van der Waals surface area contributed by atoms with Crippen LogP contribution in [0.2, 0.25) is 10.0 Å². The van der Waals surface area contributed by atoms with E-state index in [2.05, 4.69) is 15.0 Å². The molecule has 0 fully saturated rings. The van der Waals surface area contributed by atoms with Crippen LogP contribution in [0.1, 0.15) is 27.2 Å². The largest absolute Gasteiger partial charge is 0.416 e. The number of hydrogen-bond acceptors (Lipinski definition) is 6. The Hall–Kier alpha value is -2.18. The number of thiazole rings is 1. The van der Waals surface area contributed by atoms with Gasteiger partial charge in [-0.1, -0.05) is 46.7 Å². The molecule has 176 valence electrons. The second-order valence-corrected chi connectivity index (χ2v) is 10.2. The predicted molar refractivity (Wildman–Crippen MR) is 122 cm³/mol. The van der Waals surface area contributed by atoms with Gasteiger partial charge in [-0.25, -0.2) is 18.1 Å². The van der Waals surface area contributed by atoms with E-state index in [1.165, 1.54) is 6.20 Å². The molecule has 0 bridgehead atoms. The van der Waals surface area contributed by atoms with Gasteiger partial charge in [0.05, 0.1) is 26.7 Å². The van der Waals surface area contributed by atoms with Crippen molar-refractivity contribution in [2.75, 3.05) is 18.4 Å². The number of carbonyl (C=O) groups is 1. The molecule has 0 unspecified atom stereocenters. The van der Waals surface area contributed by atoms with Gasteiger partial charge in [0.15, 0.2) is 5.13 Å². The molecule has 3 rings (SSSR count). The second-order valence-electron chi connectivity index (χ2n) is 6.66. The first kappa shape index (κ1) is 25.4. The molecule has 2 N–H and O–H groups in total. The van der Waals surface area contributed by atoms with Crippen molar-refractivity contribution in [3.05, 3.63) is 74.7 Å². The number of carbonyl (C=O) groups excluding carboxylic acids is 1. The fourth-order valence-corrected chi connectivity index (χ4v) is 5.31. The van der Waals surface area contributed by atoms with Gasteiger partial charge >= 0.3 is 6.18 Å². The van der Waals surface area contributed by atoms with Crippen LogP contribution in [-0.2, 0) is 16.2 Å². The molecule has 0 aliphatic carbocycles. The van der Waals surface area contributed by atoms with E-state index in [-0.39, 0.29) is 17.4 Å². The van der Waals surface area contributed by atoms with E-state index in [0.29, 0.717) is 45.7 Å². The first-order chi connectivity index (χ1) is 15.5. The van der Waals surface area contributed by atoms with Crippen LogP contribution >= 0.6 is 34.5 Å². The molecule has 0 spiro atoms. The van der Waals surface area contributed by atoms with Crippen molar-refractivity contribution in [1.82, 2.24) is 9.71 Å². The summed E-state index contributed by atoms with van der Waals surface area (Å²) in [5.74, 6) is -0.267. The molecule has 33 heavy (non-hydrogen) atoms. The molecule has 1 heterocycles. The summed E-state index contributed by atoms with van der Waals surface area (Å²) in [5, 5.41) is 3.44. The predicted octanol–water partition coefficient (Wildman–Crippen LogP) is 5.48. The van der Waals surface area contributed by atoms with E-state index in [9.17, 15) is 26.4 Å². The Morgan fingerprint density at radius 1 is 1.06 bits per heavy atom. The summed E-state index contributed by atoms with van der Waals surface area (Å²) >= 11 is 13.0. The molecule has 0 amide bonds. The first-order valence-corrected chi connectivity index (χ1v) is 12.4. The fourth-order valence-electron chi connectivity index (χ4n) is 2.69. The number of hydrogen-bond donors (Lipinski definition) is 2. The van der Waals surface area contributed by atoms with Crippen molar-refractivity contribution in [3.63, 3.8) is 0 Å². The molecule has 0 aliphatic heterocycles. The van der Waals surface area contributed by atoms with E-state index in [0.717, 1.165) is 17.4 Å². The van der Waals surface area contributed by atoms with Crippen LogP contribution in [0.5, 0.6) is 0 Å². The van der Waals surface area contributed by atoms with Gasteiger partial charge in [0.1, 0.15) is 4.90 Å². The van der Waals surface area contributed by atoms with Crippen LogP contribution in [0.3, 0.4) is 0 Å². The monoisotopic (exact) mass is 537 g/mol. The number of anilines is 1. The highest BCUT2D eigenvalue weighted by Gasteiger charge is 2.32. The molecule has 0 saturated heterocycles. The average Bonchev–Trinajstić information content (AvgIpc) is 3.21. The maximum Gasteiger partial charge on any atom is 0.416 e. The summed E-state index contributed by atoms with van der Waals surface area (Å²) < 4.78 is 65.6. The molecule has 0 saturated carbocycles. The SMILES string of the molecule is O=C(c1cnc(NCCCNS(=O)(=O)c2cc(C(F)(F)F)ccc2Cl)s1)c1ccccc1Cl.